The topological polar surface area (TPSA) is 88.4 Å². The zero-order chi connectivity index (χ0) is 16.0. The Kier molecular flexibility index (Phi) is 4.99. The molecule has 22 heavy (non-hydrogen) atoms. The molecule has 0 saturated heterocycles. The van der Waals surface area contributed by atoms with E-state index in [1.165, 1.54) is 13.2 Å². The monoisotopic (exact) mass is 302 g/mol. The van der Waals surface area contributed by atoms with E-state index in [2.05, 4.69) is 11.4 Å². The zero-order valence-electron chi connectivity index (χ0n) is 12.4. The Hall–Kier alpha value is -2.55. The summed E-state index contributed by atoms with van der Waals surface area (Å²) >= 11 is 0. The molecule has 0 atom stereocenters. The van der Waals surface area contributed by atoms with Gasteiger partial charge in [0.1, 0.15) is 11.3 Å². The largest absolute Gasteiger partial charge is 0.497 e. The van der Waals surface area contributed by atoms with Gasteiger partial charge in [-0.15, -0.1) is 0 Å². The molecule has 0 unspecified atom stereocenters. The van der Waals surface area contributed by atoms with E-state index in [-0.39, 0.29) is 0 Å². The Labute approximate surface area is 129 Å². The molecule has 1 amide bonds. The second-order valence-electron chi connectivity index (χ2n) is 5.26. The van der Waals surface area contributed by atoms with Crippen molar-refractivity contribution in [2.45, 2.75) is 31.2 Å². The van der Waals surface area contributed by atoms with Gasteiger partial charge in [0.15, 0.2) is 6.61 Å². The molecule has 1 N–H and O–H groups in total. The molecule has 1 aliphatic rings. The number of nitrogens with one attached hydrogen (secondary N) is 1. The molecule has 6 heteroatoms. The molecule has 6 nitrogen and oxygen atoms in total. The van der Waals surface area contributed by atoms with Crippen LogP contribution in [0.4, 0.5) is 0 Å². The highest BCUT2D eigenvalue weighted by Crippen LogP contribution is 2.28. The smallest absolute Gasteiger partial charge is 0.338 e. The fourth-order valence-electron chi connectivity index (χ4n) is 2.51. The minimum atomic E-state index is -0.806. The first kappa shape index (κ1) is 15.8. The Bertz CT molecular complexity index is 600. The van der Waals surface area contributed by atoms with Gasteiger partial charge in [-0.2, -0.15) is 5.26 Å². The summed E-state index contributed by atoms with van der Waals surface area (Å²) in [7, 11) is 1.50. The number of nitriles is 1. The zero-order valence-corrected chi connectivity index (χ0v) is 12.4. The van der Waals surface area contributed by atoms with Gasteiger partial charge in [-0.05, 0) is 43.9 Å². The number of esters is 1. The van der Waals surface area contributed by atoms with Crippen LogP contribution in [0.2, 0.25) is 0 Å². The molecule has 1 aromatic carbocycles. The van der Waals surface area contributed by atoms with Crippen molar-refractivity contribution in [2.24, 2.45) is 0 Å². The third-order valence-electron chi connectivity index (χ3n) is 3.69. The van der Waals surface area contributed by atoms with Crippen LogP contribution in [-0.2, 0) is 9.53 Å². The first-order valence-electron chi connectivity index (χ1n) is 7.12. The number of hydrogen-bond acceptors (Lipinski definition) is 5. The van der Waals surface area contributed by atoms with E-state index in [1.54, 1.807) is 18.2 Å². The predicted octanol–water partition coefficient (Wildman–Crippen LogP) is 1.80. The van der Waals surface area contributed by atoms with E-state index in [0.717, 1.165) is 12.8 Å². The number of benzene rings is 1. The molecule has 0 spiro atoms. The van der Waals surface area contributed by atoms with Crippen LogP contribution in [0.5, 0.6) is 5.75 Å². The molecule has 0 radical (unpaired) electrons. The summed E-state index contributed by atoms with van der Waals surface area (Å²) < 4.78 is 10.00. The van der Waals surface area contributed by atoms with Crippen molar-refractivity contribution in [2.75, 3.05) is 13.7 Å². The van der Waals surface area contributed by atoms with E-state index in [9.17, 15) is 14.9 Å². The predicted molar refractivity (Wildman–Crippen MR) is 78.2 cm³/mol. The van der Waals surface area contributed by atoms with Crippen molar-refractivity contribution in [3.8, 4) is 11.8 Å². The first-order valence-corrected chi connectivity index (χ1v) is 7.12. The van der Waals surface area contributed by atoms with Crippen LogP contribution in [0.3, 0.4) is 0 Å². The van der Waals surface area contributed by atoms with Gasteiger partial charge in [0.05, 0.1) is 18.7 Å². The average molecular weight is 302 g/mol. The maximum absolute atomic E-state index is 11.9. The average Bonchev–Trinajstić information content (AvgIpc) is 3.01. The van der Waals surface area contributed by atoms with E-state index in [0.29, 0.717) is 24.2 Å². The van der Waals surface area contributed by atoms with E-state index in [4.69, 9.17) is 9.47 Å². The van der Waals surface area contributed by atoms with Gasteiger partial charge in [-0.1, -0.05) is 6.07 Å². The highest BCUT2D eigenvalue weighted by molar-refractivity contribution is 5.91. The summed E-state index contributed by atoms with van der Waals surface area (Å²) in [6.45, 7) is -0.403. The third kappa shape index (κ3) is 3.76. The van der Waals surface area contributed by atoms with Crippen molar-refractivity contribution in [3.63, 3.8) is 0 Å². The molecule has 1 fully saturated rings. The molecule has 0 aromatic heterocycles. The molecular formula is C16H18N2O4. The minimum absolute atomic E-state index is 0.308. The molecule has 0 aliphatic heterocycles. The van der Waals surface area contributed by atoms with Crippen LogP contribution in [-0.4, -0.2) is 31.1 Å². The Morgan fingerprint density at radius 2 is 2.09 bits per heavy atom. The van der Waals surface area contributed by atoms with Gasteiger partial charge >= 0.3 is 5.97 Å². The van der Waals surface area contributed by atoms with Crippen LogP contribution in [0.15, 0.2) is 24.3 Å². The summed E-state index contributed by atoms with van der Waals surface area (Å²) in [5.41, 5.74) is -0.498. The normalized spacial score (nSPS) is 15.6. The number of carbonyl (C=O) groups excluding carboxylic acids is 2. The molecule has 1 aliphatic carbocycles. The summed E-state index contributed by atoms with van der Waals surface area (Å²) in [5.74, 6) is -0.528. The number of ether oxygens (including phenoxy) is 2. The van der Waals surface area contributed by atoms with Gasteiger partial charge in [0.2, 0.25) is 0 Å². The molecule has 116 valence electrons. The van der Waals surface area contributed by atoms with E-state index >= 15 is 0 Å². The molecule has 1 saturated carbocycles. The first-order chi connectivity index (χ1) is 10.6. The van der Waals surface area contributed by atoms with E-state index < -0.39 is 24.0 Å². The van der Waals surface area contributed by atoms with E-state index in [1.807, 2.05) is 0 Å². The van der Waals surface area contributed by atoms with Gasteiger partial charge in [0, 0.05) is 0 Å². The third-order valence-corrected chi connectivity index (χ3v) is 3.69. The Morgan fingerprint density at radius 3 is 2.73 bits per heavy atom. The lowest BCUT2D eigenvalue weighted by Gasteiger charge is -2.21. The van der Waals surface area contributed by atoms with Gasteiger partial charge in [0.25, 0.3) is 5.91 Å². The quantitative estimate of drug-likeness (QED) is 0.838. The Balaban J connectivity index is 1.88. The van der Waals surface area contributed by atoms with Crippen LogP contribution in [0.25, 0.3) is 0 Å². The number of methoxy groups -OCH3 is 1. The fraction of sp³-hybridized carbons (Fsp3) is 0.438. The molecule has 1 aromatic rings. The summed E-state index contributed by atoms with van der Waals surface area (Å²) in [6, 6.07) is 8.64. The molecule has 0 bridgehead atoms. The lowest BCUT2D eigenvalue weighted by Crippen LogP contribution is -2.46. The van der Waals surface area contributed by atoms with Crippen molar-refractivity contribution in [3.05, 3.63) is 29.8 Å². The van der Waals surface area contributed by atoms with Crippen molar-refractivity contribution < 1.29 is 19.1 Å². The minimum Gasteiger partial charge on any atom is -0.497 e. The van der Waals surface area contributed by atoms with Gasteiger partial charge in [-0.25, -0.2) is 4.79 Å². The lowest BCUT2D eigenvalue weighted by molar-refractivity contribution is -0.125. The summed E-state index contributed by atoms with van der Waals surface area (Å²) in [4.78, 5) is 23.7. The van der Waals surface area contributed by atoms with Gasteiger partial charge < -0.3 is 14.8 Å². The lowest BCUT2D eigenvalue weighted by atomic mass is 10.00. The highest BCUT2D eigenvalue weighted by Gasteiger charge is 2.35. The second-order valence-corrected chi connectivity index (χ2v) is 5.26. The van der Waals surface area contributed by atoms with Crippen LogP contribution in [0.1, 0.15) is 36.0 Å². The standard InChI is InChI=1S/C16H18N2O4/c1-21-13-6-4-5-12(9-13)15(20)22-10-14(19)18-16(11-17)7-2-3-8-16/h4-6,9H,2-3,7-8,10H2,1H3,(H,18,19). The number of rotatable bonds is 5. The SMILES string of the molecule is COc1cccc(C(=O)OCC(=O)NC2(C#N)CCCC2)c1. The molecule has 2 rings (SSSR count). The van der Waals surface area contributed by atoms with Crippen molar-refractivity contribution in [1.82, 2.24) is 5.32 Å². The maximum Gasteiger partial charge on any atom is 0.338 e. The molecular weight excluding hydrogens is 284 g/mol. The Morgan fingerprint density at radius 1 is 1.36 bits per heavy atom. The van der Waals surface area contributed by atoms with Crippen LogP contribution < -0.4 is 10.1 Å². The number of nitrogens with zero attached hydrogens (tertiary/aromatic N) is 1. The summed E-state index contributed by atoms with van der Waals surface area (Å²) in [5, 5.41) is 11.9. The van der Waals surface area contributed by atoms with Crippen molar-refractivity contribution >= 4 is 11.9 Å². The summed E-state index contributed by atoms with van der Waals surface area (Å²) in [6.07, 6.45) is 3.10. The number of hydrogen-bond donors (Lipinski definition) is 1. The van der Waals surface area contributed by atoms with Gasteiger partial charge in [-0.3, -0.25) is 4.79 Å². The second kappa shape index (κ2) is 6.94. The van der Waals surface area contributed by atoms with Crippen molar-refractivity contribution in [1.29, 1.82) is 5.26 Å². The highest BCUT2D eigenvalue weighted by atomic mass is 16.5. The fourth-order valence-corrected chi connectivity index (χ4v) is 2.51. The number of carbonyl (C=O) groups is 2. The maximum atomic E-state index is 11.9. The molecule has 0 heterocycles. The number of amides is 1. The van der Waals surface area contributed by atoms with Crippen LogP contribution in [0, 0.1) is 11.3 Å². The van der Waals surface area contributed by atoms with Crippen LogP contribution >= 0.6 is 0 Å².